The predicted molar refractivity (Wildman–Crippen MR) is 105 cm³/mol. The number of anilines is 1. The van der Waals surface area contributed by atoms with Gasteiger partial charge in [0.15, 0.2) is 5.78 Å². The molecule has 0 saturated heterocycles. The van der Waals surface area contributed by atoms with E-state index in [0.717, 1.165) is 46.8 Å². The van der Waals surface area contributed by atoms with Crippen LogP contribution in [0.5, 0.6) is 0 Å². The maximum Gasteiger partial charge on any atom is 0.161 e. The van der Waals surface area contributed by atoms with E-state index in [1.54, 1.807) is 0 Å². The topological polar surface area (TPSA) is 46.9 Å². The molecule has 1 atom stereocenters. The number of nitrogens with zero attached hydrogens (tertiary/aromatic N) is 2. The van der Waals surface area contributed by atoms with E-state index in [0.29, 0.717) is 11.4 Å². The van der Waals surface area contributed by atoms with Gasteiger partial charge in [0.05, 0.1) is 11.2 Å². The molecule has 0 radical (unpaired) electrons. The fourth-order valence-corrected chi connectivity index (χ4v) is 4.22. The van der Waals surface area contributed by atoms with Crippen LogP contribution in [0.1, 0.15) is 62.8 Å². The van der Waals surface area contributed by atoms with Crippen LogP contribution < -0.4 is 5.32 Å². The Morgan fingerprint density at radius 2 is 1.88 bits per heavy atom. The number of carbonyl (C=O) groups is 1. The average molecular weight is 370 g/mol. The smallest absolute Gasteiger partial charge is 0.161 e. The highest BCUT2D eigenvalue weighted by Crippen LogP contribution is 2.47. The van der Waals surface area contributed by atoms with Crippen LogP contribution in [-0.2, 0) is 10.3 Å². The van der Waals surface area contributed by atoms with E-state index in [1.807, 2.05) is 31.2 Å². The summed E-state index contributed by atoms with van der Waals surface area (Å²) in [5.41, 5.74) is 4.98. The molecule has 0 fully saturated rings. The van der Waals surface area contributed by atoms with Crippen LogP contribution in [0.15, 0.2) is 35.5 Å². The number of aromatic nitrogens is 2. The number of halogens is 1. The summed E-state index contributed by atoms with van der Waals surface area (Å²) in [6, 6.07) is 7.86. The molecule has 2 aliphatic rings. The molecule has 1 aromatic carbocycles. The van der Waals surface area contributed by atoms with Crippen LogP contribution in [0.3, 0.4) is 0 Å². The number of aryl methyl sites for hydroxylation is 1. The molecule has 136 valence electrons. The van der Waals surface area contributed by atoms with Gasteiger partial charge in [-0.1, -0.05) is 23.7 Å². The van der Waals surface area contributed by atoms with Crippen LogP contribution in [0.25, 0.3) is 0 Å². The van der Waals surface area contributed by atoms with Gasteiger partial charge in [-0.25, -0.2) is 4.68 Å². The van der Waals surface area contributed by atoms with Gasteiger partial charge in [0.1, 0.15) is 5.82 Å². The number of benzene rings is 1. The Kier molecular flexibility index (Phi) is 3.99. The van der Waals surface area contributed by atoms with Crippen LogP contribution in [0.2, 0.25) is 5.02 Å². The number of hydrogen-bond donors (Lipinski definition) is 1. The molecule has 1 N–H and O–H groups in total. The first-order valence-corrected chi connectivity index (χ1v) is 9.54. The molecule has 1 aromatic heterocycles. The molecular weight excluding hydrogens is 346 g/mol. The standard InChI is InChI=1S/C21H24ClN3O/c1-12-17-18(13-8-10-14(22)11-9-13)19-15(6-5-7-16(19)26)23-20(17)25(24-12)21(2,3)4/h8-11,18,23H,5-7H2,1-4H3/t18-/m1/s1. The highest BCUT2D eigenvalue weighted by Gasteiger charge is 2.39. The second kappa shape index (κ2) is 5.98. The Bertz CT molecular complexity index is 916. The van der Waals surface area contributed by atoms with Crippen LogP contribution >= 0.6 is 11.6 Å². The average Bonchev–Trinajstić information content (AvgIpc) is 2.91. The second-order valence-electron chi connectivity index (χ2n) is 8.21. The van der Waals surface area contributed by atoms with E-state index in [-0.39, 0.29) is 17.2 Å². The number of ketones is 1. The van der Waals surface area contributed by atoms with E-state index in [2.05, 4.69) is 30.8 Å². The van der Waals surface area contributed by atoms with E-state index < -0.39 is 0 Å². The minimum absolute atomic E-state index is 0.0811. The van der Waals surface area contributed by atoms with Crippen LogP contribution in [0, 0.1) is 6.92 Å². The zero-order valence-corrected chi connectivity index (χ0v) is 16.4. The summed E-state index contributed by atoms with van der Waals surface area (Å²) < 4.78 is 2.06. The van der Waals surface area contributed by atoms with E-state index in [4.69, 9.17) is 16.7 Å². The maximum absolute atomic E-state index is 12.9. The lowest BCUT2D eigenvalue weighted by Crippen LogP contribution is -2.30. The number of Topliss-reactive ketones (excluding diaryl/α,β-unsaturated/α-hetero) is 1. The number of nitrogens with one attached hydrogen (secondary N) is 1. The number of fused-ring (bicyclic) bond motifs is 1. The van der Waals surface area contributed by atoms with E-state index >= 15 is 0 Å². The number of rotatable bonds is 1. The molecular formula is C21H24ClN3O. The van der Waals surface area contributed by atoms with Crippen molar-refractivity contribution in [1.82, 2.24) is 9.78 Å². The summed E-state index contributed by atoms with van der Waals surface area (Å²) in [6.07, 6.45) is 2.42. The van der Waals surface area contributed by atoms with Gasteiger partial charge in [-0.15, -0.1) is 0 Å². The SMILES string of the molecule is Cc1nn(C(C)(C)C)c2c1[C@@H](c1ccc(Cl)cc1)C1=C(CCCC1=O)N2. The van der Waals surface area contributed by atoms with Crippen molar-refractivity contribution in [2.24, 2.45) is 0 Å². The normalized spacial score (nSPS) is 19.9. The molecule has 4 nitrogen and oxygen atoms in total. The Hall–Kier alpha value is -2.07. The predicted octanol–water partition coefficient (Wildman–Crippen LogP) is 5.16. The van der Waals surface area contributed by atoms with Gasteiger partial charge in [-0.3, -0.25) is 4.79 Å². The molecule has 5 heteroatoms. The lowest BCUT2D eigenvalue weighted by molar-refractivity contribution is -0.116. The van der Waals surface area contributed by atoms with E-state index in [1.165, 1.54) is 0 Å². The van der Waals surface area contributed by atoms with Crippen molar-refractivity contribution >= 4 is 23.2 Å². The van der Waals surface area contributed by atoms with E-state index in [9.17, 15) is 4.79 Å². The molecule has 0 saturated carbocycles. The van der Waals surface area contributed by atoms with Gasteiger partial charge >= 0.3 is 0 Å². The second-order valence-corrected chi connectivity index (χ2v) is 8.65. The summed E-state index contributed by atoms with van der Waals surface area (Å²) in [4.78, 5) is 12.9. The Balaban J connectivity index is 1.98. The molecule has 26 heavy (non-hydrogen) atoms. The van der Waals surface area contributed by atoms with Crippen molar-refractivity contribution in [2.75, 3.05) is 5.32 Å². The zero-order valence-electron chi connectivity index (χ0n) is 15.7. The lowest BCUT2D eigenvalue weighted by Gasteiger charge is -2.34. The first-order valence-electron chi connectivity index (χ1n) is 9.16. The molecule has 2 aromatic rings. The van der Waals surface area contributed by atoms with Gasteiger partial charge in [-0.2, -0.15) is 5.10 Å². The summed E-state index contributed by atoms with van der Waals surface area (Å²) in [5, 5.41) is 9.10. The lowest BCUT2D eigenvalue weighted by atomic mass is 9.76. The van der Waals surface area contributed by atoms with Gasteiger partial charge in [0, 0.05) is 34.2 Å². The van der Waals surface area contributed by atoms with Crippen LogP contribution in [0.4, 0.5) is 5.82 Å². The summed E-state index contributed by atoms with van der Waals surface area (Å²) in [7, 11) is 0. The van der Waals surface area contributed by atoms with Gasteiger partial charge in [0.2, 0.25) is 0 Å². The fourth-order valence-electron chi connectivity index (χ4n) is 4.09. The number of allylic oxidation sites excluding steroid dienone is 2. The highest BCUT2D eigenvalue weighted by atomic mass is 35.5. The Morgan fingerprint density at radius 3 is 2.54 bits per heavy atom. The maximum atomic E-state index is 12.9. The molecule has 4 rings (SSSR count). The monoisotopic (exact) mass is 369 g/mol. The van der Waals surface area contributed by atoms with Crippen molar-refractivity contribution in [1.29, 1.82) is 0 Å². The van der Waals surface area contributed by atoms with Crippen LogP contribution in [-0.4, -0.2) is 15.6 Å². The molecule has 0 bridgehead atoms. The largest absolute Gasteiger partial charge is 0.343 e. The molecule has 2 heterocycles. The molecule has 0 unspecified atom stereocenters. The van der Waals surface area contributed by atoms with Crippen molar-refractivity contribution in [3.05, 3.63) is 57.4 Å². The van der Waals surface area contributed by atoms with Crippen molar-refractivity contribution < 1.29 is 4.79 Å². The summed E-state index contributed by atoms with van der Waals surface area (Å²) in [5.74, 6) is 1.18. The number of carbonyl (C=O) groups excluding carboxylic acids is 1. The quantitative estimate of drug-likeness (QED) is 0.754. The fraction of sp³-hybridized carbons (Fsp3) is 0.429. The molecule has 1 aliphatic heterocycles. The minimum Gasteiger partial charge on any atom is -0.343 e. The van der Waals surface area contributed by atoms with Crippen molar-refractivity contribution in [3.8, 4) is 0 Å². The summed E-state index contributed by atoms with van der Waals surface area (Å²) >= 11 is 6.10. The first-order chi connectivity index (χ1) is 12.3. The molecule has 0 spiro atoms. The molecule has 1 aliphatic carbocycles. The van der Waals surface area contributed by atoms with Gasteiger partial charge < -0.3 is 5.32 Å². The van der Waals surface area contributed by atoms with Crippen molar-refractivity contribution in [2.45, 2.75) is 58.4 Å². The van der Waals surface area contributed by atoms with Crippen molar-refractivity contribution in [3.63, 3.8) is 0 Å². The van der Waals surface area contributed by atoms with Gasteiger partial charge in [0.25, 0.3) is 0 Å². The third kappa shape index (κ3) is 2.67. The van der Waals surface area contributed by atoms with Gasteiger partial charge in [-0.05, 0) is 58.2 Å². The highest BCUT2D eigenvalue weighted by molar-refractivity contribution is 6.30. The minimum atomic E-state index is -0.146. The third-order valence-electron chi connectivity index (χ3n) is 5.25. The Morgan fingerprint density at radius 1 is 1.19 bits per heavy atom. The molecule has 0 amide bonds. The third-order valence-corrected chi connectivity index (χ3v) is 5.50. The summed E-state index contributed by atoms with van der Waals surface area (Å²) in [6.45, 7) is 8.47. The first kappa shape index (κ1) is 17.3. The number of hydrogen-bond acceptors (Lipinski definition) is 3. The zero-order chi connectivity index (χ0) is 18.6. The Labute approximate surface area is 159 Å².